The normalized spacial score (nSPS) is 19.4. The van der Waals surface area contributed by atoms with E-state index in [9.17, 15) is 29.1 Å². The largest absolute Gasteiger partial charge is 0.477 e. The van der Waals surface area contributed by atoms with E-state index in [4.69, 9.17) is 15.3 Å². The summed E-state index contributed by atoms with van der Waals surface area (Å²) in [6.07, 6.45) is 0. The lowest BCUT2D eigenvalue weighted by molar-refractivity contribution is -0.150. The number of piperazine rings is 1. The number of nitrogens with zero attached hydrogens (tertiary/aromatic N) is 5. The molecule has 21 heteroatoms. The number of halogens is 2. The number of carbonyl (C=O) groups is 4. The number of rotatable bonds is 11. The Morgan fingerprint density at radius 1 is 1.21 bits per heavy atom. The van der Waals surface area contributed by atoms with Gasteiger partial charge in [-0.15, -0.1) is 46.2 Å². The van der Waals surface area contributed by atoms with Crippen molar-refractivity contribution in [3.63, 3.8) is 0 Å². The van der Waals surface area contributed by atoms with Gasteiger partial charge < -0.3 is 35.5 Å². The standard InChI is InChI=1S/C31H31F2N7O8S4/c1-4-48-29(46)17-23(41)14-9-15(32)22(39-7-5-38(2)6-8-39)18(33)24(14)52-30(17)50-11-13-10-49-27-20(26(43)40(27)21(13)28(44)45)36-25(42)19(37-47-3)16-12-51-31(34)35-16/h9,12,20,27H,4-8,10-11H2,1-3H3,(H2,34,35)(H,36,42)(H,44,45)/b37-19-/t20-,27-/m1/s1. The quantitative estimate of drug-likeness (QED) is 0.0841. The number of carboxylic acids is 1. The first-order chi connectivity index (χ1) is 24.9. The number of hydrogen-bond donors (Lipinski definition) is 3. The zero-order chi connectivity index (χ0) is 37.4. The van der Waals surface area contributed by atoms with E-state index < -0.39 is 57.8 Å². The van der Waals surface area contributed by atoms with E-state index in [0.717, 1.165) is 45.4 Å². The molecule has 276 valence electrons. The van der Waals surface area contributed by atoms with Gasteiger partial charge in [0.1, 0.15) is 47.0 Å². The van der Waals surface area contributed by atoms with Crippen LogP contribution in [0.25, 0.3) is 10.1 Å². The van der Waals surface area contributed by atoms with Crippen LogP contribution in [0.4, 0.5) is 19.6 Å². The summed E-state index contributed by atoms with van der Waals surface area (Å²) in [7, 11) is 3.13. The molecule has 3 aliphatic rings. The molecule has 4 N–H and O–H groups in total. The van der Waals surface area contributed by atoms with Gasteiger partial charge in [0.05, 0.1) is 15.5 Å². The minimum Gasteiger partial charge on any atom is -0.477 e. The molecule has 3 aromatic rings. The van der Waals surface area contributed by atoms with Gasteiger partial charge in [-0.3, -0.25) is 19.3 Å². The maximum Gasteiger partial charge on any atom is 0.352 e. The molecule has 2 saturated heterocycles. The van der Waals surface area contributed by atoms with Crippen LogP contribution >= 0.6 is 46.2 Å². The number of ether oxygens (including phenoxy) is 1. The fourth-order valence-corrected chi connectivity index (χ4v) is 10.3. The maximum atomic E-state index is 16.1. The Morgan fingerprint density at radius 2 is 1.94 bits per heavy atom. The number of β-lactam (4-membered cyclic amide) rings is 1. The number of carboxylic acid groups (broad SMARTS) is 1. The van der Waals surface area contributed by atoms with Crippen LogP contribution in [0.3, 0.4) is 0 Å². The molecule has 2 fully saturated rings. The molecule has 15 nitrogen and oxygen atoms in total. The molecule has 2 aromatic heterocycles. The van der Waals surface area contributed by atoms with Crippen LogP contribution in [-0.2, 0) is 24.0 Å². The molecule has 0 saturated carbocycles. The minimum atomic E-state index is -1.41. The van der Waals surface area contributed by atoms with E-state index in [0.29, 0.717) is 26.2 Å². The van der Waals surface area contributed by atoms with Crippen molar-refractivity contribution < 1.29 is 42.6 Å². The van der Waals surface area contributed by atoms with Crippen molar-refractivity contribution in [3.8, 4) is 0 Å². The predicted octanol–water partition coefficient (Wildman–Crippen LogP) is 2.39. The number of nitrogens with two attached hydrogens (primary N) is 1. The average molecular weight is 796 g/mol. The molecule has 2 atom stereocenters. The Bertz CT molecular complexity index is 2100. The molecule has 52 heavy (non-hydrogen) atoms. The number of thiazole rings is 1. The lowest BCUT2D eigenvalue weighted by Crippen LogP contribution is -2.71. The number of benzene rings is 1. The minimum absolute atomic E-state index is 0.0443. The van der Waals surface area contributed by atoms with Crippen molar-refractivity contribution >= 4 is 96.6 Å². The molecule has 6 rings (SSSR count). The third-order valence-electron chi connectivity index (χ3n) is 8.39. The second kappa shape index (κ2) is 15.3. The first-order valence-electron chi connectivity index (χ1n) is 15.6. The number of carbonyl (C=O) groups excluding carboxylic acids is 3. The van der Waals surface area contributed by atoms with Gasteiger partial charge in [-0.2, -0.15) is 0 Å². The Labute approximate surface area is 310 Å². The number of anilines is 2. The number of aromatic nitrogens is 1. The average Bonchev–Trinajstić information content (AvgIpc) is 3.54. The summed E-state index contributed by atoms with van der Waals surface area (Å²) in [6.45, 7) is 3.34. The Hall–Kier alpha value is -4.31. The van der Waals surface area contributed by atoms with Gasteiger partial charge in [-0.25, -0.2) is 23.4 Å². The van der Waals surface area contributed by atoms with Crippen LogP contribution in [0, 0.1) is 11.6 Å². The molecule has 0 spiro atoms. The summed E-state index contributed by atoms with van der Waals surface area (Å²) in [5.74, 6) is -5.75. The molecule has 0 aliphatic carbocycles. The number of nitrogens with one attached hydrogen (secondary N) is 1. The highest BCUT2D eigenvalue weighted by atomic mass is 32.2. The van der Waals surface area contributed by atoms with E-state index in [-0.39, 0.29) is 65.9 Å². The molecule has 0 radical (unpaired) electrons. The van der Waals surface area contributed by atoms with E-state index in [1.165, 1.54) is 24.3 Å². The molecule has 2 amide bonds. The SMILES string of the molecule is CCOC(=O)c1c(SCC2=C(C(=O)O)N3C(=O)[C@@H](NC(=O)/C(=N\OC)c4csc(N)n4)[C@H]3SC2)sc2c(F)c(N3CCN(C)CC3)c(F)cc2c1=O. The molecular weight excluding hydrogens is 765 g/mol. The summed E-state index contributed by atoms with van der Waals surface area (Å²) in [5.41, 5.74) is 3.93. The van der Waals surface area contributed by atoms with Crippen LogP contribution in [0.2, 0.25) is 0 Å². The number of thioether (sulfide) groups is 2. The van der Waals surface area contributed by atoms with Crippen molar-refractivity contribution in [2.24, 2.45) is 5.16 Å². The number of esters is 1. The van der Waals surface area contributed by atoms with Crippen LogP contribution in [0.5, 0.6) is 0 Å². The lowest BCUT2D eigenvalue weighted by Gasteiger charge is -2.49. The van der Waals surface area contributed by atoms with Crippen molar-refractivity contribution in [1.82, 2.24) is 20.1 Å². The van der Waals surface area contributed by atoms with Crippen LogP contribution in [0.1, 0.15) is 23.0 Å². The summed E-state index contributed by atoms with van der Waals surface area (Å²) in [4.78, 5) is 79.2. The van der Waals surface area contributed by atoms with Crippen molar-refractivity contribution in [2.75, 3.05) is 69.1 Å². The van der Waals surface area contributed by atoms with Crippen molar-refractivity contribution in [3.05, 3.63) is 55.8 Å². The summed E-state index contributed by atoms with van der Waals surface area (Å²) >= 11 is 3.94. The molecular formula is C31H31F2N7O8S4. The Kier molecular flexibility index (Phi) is 11.1. The molecule has 3 aliphatic heterocycles. The van der Waals surface area contributed by atoms with E-state index in [1.54, 1.807) is 11.8 Å². The maximum absolute atomic E-state index is 16.1. The van der Waals surface area contributed by atoms with Gasteiger partial charge in [0.25, 0.3) is 11.8 Å². The number of amides is 2. The monoisotopic (exact) mass is 795 g/mol. The number of aliphatic carboxylic acids is 1. The predicted molar refractivity (Wildman–Crippen MR) is 194 cm³/mol. The number of oxime groups is 1. The highest BCUT2D eigenvalue weighted by molar-refractivity contribution is 8.02. The third kappa shape index (κ3) is 6.94. The molecule has 0 bridgehead atoms. The fraction of sp³-hybridized carbons (Fsp3) is 0.387. The highest BCUT2D eigenvalue weighted by Crippen LogP contribution is 2.43. The van der Waals surface area contributed by atoms with E-state index >= 15 is 8.78 Å². The number of fused-ring (bicyclic) bond motifs is 2. The molecule has 0 unspecified atom stereocenters. The number of hydrogen-bond acceptors (Lipinski definition) is 16. The van der Waals surface area contributed by atoms with Crippen molar-refractivity contribution in [1.29, 1.82) is 0 Å². The van der Waals surface area contributed by atoms with Gasteiger partial charge >= 0.3 is 11.9 Å². The first kappa shape index (κ1) is 37.4. The lowest BCUT2D eigenvalue weighted by atomic mass is 10.0. The van der Waals surface area contributed by atoms with E-state index in [1.807, 2.05) is 11.9 Å². The molecule has 1 aromatic carbocycles. The van der Waals surface area contributed by atoms with Gasteiger partial charge in [0.2, 0.25) is 5.43 Å². The number of likely N-dealkylation sites (N-methyl/N-ethyl adjacent to an activating group) is 1. The zero-order valence-electron chi connectivity index (χ0n) is 27.8. The topological polar surface area (TPSA) is 197 Å². The summed E-state index contributed by atoms with van der Waals surface area (Å²) < 4.78 is 36.6. The second-order valence-electron chi connectivity index (χ2n) is 11.6. The summed E-state index contributed by atoms with van der Waals surface area (Å²) in [6, 6.07) is -0.162. The third-order valence-corrected chi connectivity index (χ3v) is 13.0. The van der Waals surface area contributed by atoms with Gasteiger partial charge in [0, 0.05) is 48.5 Å². The van der Waals surface area contributed by atoms with Crippen LogP contribution in [0.15, 0.2) is 36.9 Å². The smallest absolute Gasteiger partial charge is 0.352 e. The van der Waals surface area contributed by atoms with Gasteiger partial charge in [0.15, 0.2) is 16.7 Å². The Morgan fingerprint density at radius 3 is 2.58 bits per heavy atom. The number of nitrogen functional groups attached to an aromatic ring is 1. The Balaban J connectivity index is 1.29. The van der Waals surface area contributed by atoms with E-state index in [2.05, 4.69) is 15.5 Å². The fourth-order valence-electron chi connectivity index (χ4n) is 5.88. The molecule has 5 heterocycles. The van der Waals surface area contributed by atoms with Gasteiger partial charge in [-0.1, -0.05) is 5.16 Å². The van der Waals surface area contributed by atoms with Gasteiger partial charge in [-0.05, 0) is 25.6 Å². The summed E-state index contributed by atoms with van der Waals surface area (Å²) in [5, 5.41) is 17.1. The second-order valence-corrected chi connectivity index (χ2v) is 15.9. The first-order valence-corrected chi connectivity index (χ1v) is 19.3. The van der Waals surface area contributed by atoms with Crippen molar-refractivity contribution in [2.45, 2.75) is 22.5 Å². The van der Waals surface area contributed by atoms with Crippen LogP contribution in [-0.4, -0.2) is 119 Å². The van der Waals surface area contributed by atoms with Crippen LogP contribution < -0.4 is 21.4 Å². The zero-order valence-corrected chi connectivity index (χ0v) is 31.0. The highest BCUT2D eigenvalue weighted by Gasteiger charge is 2.54.